The van der Waals surface area contributed by atoms with Gasteiger partial charge in [-0.1, -0.05) is 20.8 Å². The molecule has 1 fully saturated rings. The number of rotatable bonds is 2. The quantitative estimate of drug-likeness (QED) is 0.691. The second-order valence-electron chi connectivity index (χ2n) is 2.98. The van der Waals surface area contributed by atoms with Gasteiger partial charge in [-0.3, -0.25) is 0 Å². The van der Waals surface area contributed by atoms with Gasteiger partial charge in [-0.2, -0.15) is 0 Å². The summed E-state index contributed by atoms with van der Waals surface area (Å²) in [6.07, 6.45) is 2.96. The summed E-state index contributed by atoms with van der Waals surface area (Å²) in [5, 5.41) is 3.38. The Balaban J connectivity index is 0.000000561. The maximum Gasteiger partial charge on any atom is 0.0623 e. The van der Waals surface area contributed by atoms with Crippen LogP contribution in [0.2, 0.25) is 0 Å². The second kappa shape index (κ2) is 7.56. The summed E-state index contributed by atoms with van der Waals surface area (Å²) in [7, 11) is 0. The molecule has 0 amide bonds. The van der Waals surface area contributed by atoms with Crippen molar-refractivity contribution in [3.8, 4) is 0 Å². The molecule has 0 aromatic rings. The van der Waals surface area contributed by atoms with E-state index < -0.39 is 0 Å². The average molecular weight is 173 g/mol. The maximum atomic E-state index is 5.48. The lowest BCUT2D eigenvalue weighted by atomic mass is 10.1. The Labute approximate surface area is 76.7 Å². The summed E-state index contributed by atoms with van der Waals surface area (Å²) >= 11 is 0. The molecule has 0 radical (unpaired) electrons. The van der Waals surface area contributed by atoms with Crippen molar-refractivity contribution < 1.29 is 4.74 Å². The van der Waals surface area contributed by atoms with Gasteiger partial charge in [0.05, 0.1) is 12.7 Å². The molecule has 12 heavy (non-hydrogen) atoms. The van der Waals surface area contributed by atoms with E-state index in [2.05, 4.69) is 19.2 Å². The highest BCUT2D eigenvalue weighted by atomic mass is 16.5. The molecule has 1 heterocycles. The minimum Gasteiger partial charge on any atom is -0.377 e. The Morgan fingerprint density at radius 1 is 1.33 bits per heavy atom. The van der Waals surface area contributed by atoms with E-state index in [1.54, 1.807) is 0 Å². The molecule has 74 valence electrons. The van der Waals surface area contributed by atoms with Crippen molar-refractivity contribution in [3.05, 3.63) is 0 Å². The van der Waals surface area contributed by atoms with Crippen molar-refractivity contribution in [2.75, 3.05) is 13.2 Å². The highest BCUT2D eigenvalue weighted by molar-refractivity contribution is 4.72. The fourth-order valence-corrected chi connectivity index (χ4v) is 1.33. The van der Waals surface area contributed by atoms with Crippen molar-refractivity contribution in [2.45, 2.75) is 52.7 Å². The molecule has 1 rings (SSSR count). The van der Waals surface area contributed by atoms with Crippen LogP contribution in [0.15, 0.2) is 0 Å². The van der Waals surface area contributed by atoms with Crippen LogP contribution < -0.4 is 5.32 Å². The number of nitrogens with one attached hydrogen (secondary N) is 1. The lowest BCUT2D eigenvalue weighted by Crippen LogP contribution is -2.38. The first-order valence-electron chi connectivity index (χ1n) is 5.18. The summed E-state index contributed by atoms with van der Waals surface area (Å²) < 4.78 is 5.48. The van der Waals surface area contributed by atoms with E-state index >= 15 is 0 Å². The summed E-state index contributed by atoms with van der Waals surface area (Å²) in [5.74, 6) is 0. The van der Waals surface area contributed by atoms with Crippen LogP contribution in [0, 0.1) is 0 Å². The van der Waals surface area contributed by atoms with Crippen LogP contribution in [0.1, 0.15) is 40.5 Å². The molecule has 2 nitrogen and oxygen atoms in total. The van der Waals surface area contributed by atoms with Gasteiger partial charge in [0.15, 0.2) is 0 Å². The zero-order valence-corrected chi connectivity index (χ0v) is 8.89. The third-order valence-corrected chi connectivity index (χ3v) is 2.00. The SMILES string of the molecule is CC.CCNC1CCC(C)OC1. The molecule has 1 aliphatic rings. The second-order valence-corrected chi connectivity index (χ2v) is 2.98. The third-order valence-electron chi connectivity index (χ3n) is 2.00. The average Bonchev–Trinajstić information content (AvgIpc) is 2.13. The molecule has 0 aliphatic carbocycles. The molecule has 0 spiro atoms. The first kappa shape index (κ1) is 11.9. The van der Waals surface area contributed by atoms with Crippen LogP contribution in [0.5, 0.6) is 0 Å². The van der Waals surface area contributed by atoms with Crippen molar-refractivity contribution in [1.82, 2.24) is 5.32 Å². The van der Waals surface area contributed by atoms with Gasteiger partial charge in [0.25, 0.3) is 0 Å². The predicted octanol–water partition coefficient (Wildman–Crippen LogP) is 2.19. The lowest BCUT2D eigenvalue weighted by molar-refractivity contribution is 0.00909. The molecule has 1 saturated heterocycles. The van der Waals surface area contributed by atoms with Crippen molar-refractivity contribution in [3.63, 3.8) is 0 Å². The largest absolute Gasteiger partial charge is 0.377 e. The summed E-state index contributed by atoms with van der Waals surface area (Å²) in [5.41, 5.74) is 0. The fourth-order valence-electron chi connectivity index (χ4n) is 1.33. The van der Waals surface area contributed by atoms with Crippen molar-refractivity contribution >= 4 is 0 Å². The standard InChI is InChI=1S/C8H17NO.C2H6/c1-3-9-8-5-4-7(2)10-6-8;1-2/h7-9H,3-6H2,1-2H3;1-2H3. The van der Waals surface area contributed by atoms with Crippen LogP contribution in [-0.2, 0) is 4.74 Å². The van der Waals surface area contributed by atoms with Gasteiger partial charge in [-0.05, 0) is 26.3 Å². The van der Waals surface area contributed by atoms with E-state index in [9.17, 15) is 0 Å². The highest BCUT2D eigenvalue weighted by Crippen LogP contribution is 2.12. The minimum absolute atomic E-state index is 0.481. The third kappa shape index (κ3) is 4.73. The van der Waals surface area contributed by atoms with Gasteiger partial charge in [-0.15, -0.1) is 0 Å². The molecule has 0 saturated carbocycles. The molecule has 1 N–H and O–H groups in total. The first-order valence-corrected chi connectivity index (χ1v) is 5.18. The van der Waals surface area contributed by atoms with Gasteiger partial charge >= 0.3 is 0 Å². The maximum absolute atomic E-state index is 5.48. The van der Waals surface area contributed by atoms with E-state index in [0.717, 1.165) is 13.2 Å². The topological polar surface area (TPSA) is 21.3 Å². The molecule has 0 bridgehead atoms. The van der Waals surface area contributed by atoms with Crippen LogP contribution in [0.25, 0.3) is 0 Å². The van der Waals surface area contributed by atoms with E-state index in [-0.39, 0.29) is 0 Å². The Morgan fingerprint density at radius 3 is 2.42 bits per heavy atom. The van der Waals surface area contributed by atoms with Gasteiger partial charge in [0, 0.05) is 6.04 Å². The van der Waals surface area contributed by atoms with E-state index in [4.69, 9.17) is 4.74 Å². The van der Waals surface area contributed by atoms with Gasteiger partial charge in [0.1, 0.15) is 0 Å². The Bertz CT molecular complexity index is 87.8. The normalized spacial score (nSPS) is 29.0. The summed E-state index contributed by atoms with van der Waals surface area (Å²) in [6.45, 7) is 10.2. The molecular weight excluding hydrogens is 150 g/mol. The van der Waals surface area contributed by atoms with E-state index in [0.29, 0.717) is 12.1 Å². The molecule has 0 aromatic carbocycles. The lowest BCUT2D eigenvalue weighted by Gasteiger charge is -2.27. The van der Waals surface area contributed by atoms with Crippen LogP contribution in [-0.4, -0.2) is 25.3 Å². The number of likely N-dealkylation sites (N-methyl/N-ethyl adjacent to an activating group) is 1. The zero-order valence-electron chi connectivity index (χ0n) is 8.89. The highest BCUT2D eigenvalue weighted by Gasteiger charge is 2.16. The molecular formula is C10H23NO. The number of hydrogen-bond acceptors (Lipinski definition) is 2. The Morgan fingerprint density at radius 2 is 2.00 bits per heavy atom. The zero-order chi connectivity index (χ0) is 9.40. The van der Waals surface area contributed by atoms with Gasteiger partial charge in [0.2, 0.25) is 0 Å². The number of ether oxygens (including phenoxy) is 1. The fraction of sp³-hybridized carbons (Fsp3) is 1.00. The Kier molecular flexibility index (Phi) is 7.51. The number of hydrogen-bond donors (Lipinski definition) is 1. The predicted molar refractivity (Wildman–Crippen MR) is 53.5 cm³/mol. The molecule has 1 aliphatic heterocycles. The van der Waals surface area contributed by atoms with Crippen molar-refractivity contribution in [2.24, 2.45) is 0 Å². The van der Waals surface area contributed by atoms with Crippen LogP contribution >= 0.6 is 0 Å². The minimum atomic E-state index is 0.481. The first-order chi connectivity index (χ1) is 5.83. The smallest absolute Gasteiger partial charge is 0.0623 e. The van der Waals surface area contributed by atoms with E-state index in [1.807, 2.05) is 13.8 Å². The van der Waals surface area contributed by atoms with Crippen molar-refractivity contribution in [1.29, 1.82) is 0 Å². The summed E-state index contributed by atoms with van der Waals surface area (Å²) in [6, 6.07) is 0.612. The molecule has 2 atom stereocenters. The van der Waals surface area contributed by atoms with Gasteiger partial charge < -0.3 is 10.1 Å². The van der Waals surface area contributed by atoms with Crippen LogP contribution in [0.3, 0.4) is 0 Å². The van der Waals surface area contributed by atoms with E-state index in [1.165, 1.54) is 12.8 Å². The summed E-state index contributed by atoms with van der Waals surface area (Å²) in [4.78, 5) is 0. The monoisotopic (exact) mass is 173 g/mol. The molecule has 2 unspecified atom stereocenters. The Hall–Kier alpha value is -0.0800. The van der Waals surface area contributed by atoms with Crippen LogP contribution in [0.4, 0.5) is 0 Å². The molecule has 2 heteroatoms. The molecule has 0 aromatic heterocycles. The van der Waals surface area contributed by atoms with Gasteiger partial charge in [-0.25, -0.2) is 0 Å².